The molecule has 114 valence electrons. The van der Waals surface area contributed by atoms with Gasteiger partial charge in [-0.2, -0.15) is 0 Å². The second-order valence-electron chi connectivity index (χ2n) is 5.03. The molecule has 3 aromatic rings. The fourth-order valence-corrected chi connectivity index (χ4v) is 3.94. The maximum atomic E-state index is 12.5. The van der Waals surface area contributed by atoms with Gasteiger partial charge >= 0.3 is 0 Å². The molecule has 0 bridgehead atoms. The van der Waals surface area contributed by atoms with Gasteiger partial charge in [0.1, 0.15) is 10.7 Å². The lowest BCUT2D eigenvalue weighted by Gasteiger charge is -2.03. The predicted octanol–water partition coefficient (Wildman–Crippen LogP) is 4.89. The Hall–Kier alpha value is -1.17. The van der Waals surface area contributed by atoms with Crippen molar-refractivity contribution in [2.45, 2.75) is 19.8 Å². The van der Waals surface area contributed by atoms with Crippen molar-refractivity contribution in [2.24, 2.45) is 0 Å². The van der Waals surface area contributed by atoms with Gasteiger partial charge in [0.15, 0.2) is 0 Å². The number of nitrogens with one attached hydrogen (secondary N) is 1. The highest BCUT2D eigenvalue weighted by molar-refractivity contribution is 9.10. The van der Waals surface area contributed by atoms with Gasteiger partial charge in [0, 0.05) is 27.2 Å². The van der Waals surface area contributed by atoms with Gasteiger partial charge in [0.25, 0.3) is 5.56 Å². The van der Waals surface area contributed by atoms with Crippen LogP contribution < -0.4 is 5.56 Å². The van der Waals surface area contributed by atoms with Crippen molar-refractivity contribution in [3.05, 3.63) is 49.8 Å². The van der Waals surface area contributed by atoms with E-state index < -0.39 is 0 Å². The Bertz CT molecular complexity index is 870. The number of aryl methyl sites for hydroxylation is 2. The summed E-state index contributed by atoms with van der Waals surface area (Å²) in [5.74, 6) is 1.27. The predicted molar refractivity (Wildman–Crippen MR) is 97.2 cm³/mol. The molecule has 0 aliphatic heterocycles. The SMILES string of the molecule is Cc1sc2nc(CCCCl)[nH]c(=O)c2c1-c1ccc(Br)cc1. The summed E-state index contributed by atoms with van der Waals surface area (Å²) in [5.41, 5.74) is 1.94. The van der Waals surface area contributed by atoms with Gasteiger partial charge in [0.05, 0.1) is 5.39 Å². The van der Waals surface area contributed by atoms with Crippen LogP contribution in [0.2, 0.25) is 0 Å². The zero-order chi connectivity index (χ0) is 15.7. The van der Waals surface area contributed by atoms with Crippen LogP contribution in [0.15, 0.2) is 33.5 Å². The van der Waals surface area contributed by atoms with E-state index >= 15 is 0 Å². The molecule has 0 aliphatic rings. The van der Waals surface area contributed by atoms with Crippen LogP contribution >= 0.6 is 38.9 Å². The number of benzene rings is 1. The van der Waals surface area contributed by atoms with Crippen LogP contribution in [0.25, 0.3) is 21.3 Å². The number of hydrogen-bond acceptors (Lipinski definition) is 3. The van der Waals surface area contributed by atoms with Gasteiger partial charge in [-0.25, -0.2) is 4.98 Å². The monoisotopic (exact) mass is 396 g/mol. The van der Waals surface area contributed by atoms with Gasteiger partial charge in [0.2, 0.25) is 0 Å². The van der Waals surface area contributed by atoms with Gasteiger partial charge in [-0.05, 0) is 31.0 Å². The summed E-state index contributed by atoms with van der Waals surface area (Å²) in [6, 6.07) is 7.99. The molecule has 0 radical (unpaired) electrons. The first-order valence-corrected chi connectivity index (χ1v) is 9.08. The smallest absolute Gasteiger partial charge is 0.260 e. The summed E-state index contributed by atoms with van der Waals surface area (Å²) in [7, 11) is 0. The van der Waals surface area contributed by atoms with Gasteiger partial charge < -0.3 is 4.98 Å². The fraction of sp³-hybridized carbons (Fsp3) is 0.250. The molecule has 3 nitrogen and oxygen atoms in total. The van der Waals surface area contributed by atoms with Crippen molar-refractivity contribution >= 4 is 49.1 Å². The molecule has 0 atom stereocenters. The first-order chi connectivity index (χ1) is 10.6. The first kappa shape index (κ1) is 15.7. The number of fused-ring (bicyclic) bond motifs is 1. The summed E-state index contributed by atoms with van der Waals surface area (Å²) in [6.07, 6.45) is 1.50. The Morgan fingerprint density at radius 3 is 2.73 bits per heavy atom. The Morgan fingerprint density at radius 1 is 1.32 bits per heavy atom. The second-order valence-corrected chi connectivity index (χ2v) is 7.52. The number of halogens is 2. The standard InChI is InChI=1S/C16H14BrClN2OS/c1-9-13(10-4-6-11(17)7-5-10)14-15(21)19-12(3-2-8-18)20-16(14)22-9/h4-7H,2-3,8H2,1H3,(H,19,20,21). The van der Waals surface area contributed by atoms with Crippen molar-refractivity contribution in [1.82, 2.24) is 9.97 Å². The van der Waals surface area contributed by atoms with Crippen LogP contribution in [0.3, 0.4) is 0 Å². The van der Waals surface area contributed by atoms with E-state index in [-0.39, 0.29) is 5.56 Å². The fourth-order valence-electron chi connectivity index (χ4n) is 2.48. The van der Waals surface area contributed by atoms with E-state index in [0.29, 0.717) is 23.5 Å². The van der Waals surface area contributed by atoms with Gasteiger partial charge in [-0.15, -0.1) is 22.9 Å². The lowest BCUT2D eigenvalue weighted by molar-refractivity contribution is 0.843. The number of alkyl halides is 1. The van der Waals surface area contributed by atoms with Crippen molar-refractivity contribution in [3.63, 3.8) is 0 Å². The highest BCUT2D eigenvalue weighted by Gasteiger charge is 2.16. The number of rotatable bonds is 4. The lowest BCUT2D eigenvalue weighted by atomic mass is 10.0. The summed E-state index contributed by atoms with van der Waals surface area (Å²) < 4.78 is 1.02. The molecule has 0 fully saturated rings. The van der Waals surface area contributed by atoms with Crippen LogP contribution in [0.4, 0.5) is 0 Å². The third-order valence-corrected chi connectivity index (χ3v) is 5.26. The highest BCUT2D eigenvalue weighted by atomic mass is 79.9. The van der Waals surface area contributed by atoms with Crippen molar-refractivity contribution in [2.75, 3.05) is 5.88 Å². The molecule has 0 amide bonds. The lowest BCUT2D eigenvalue weighted by Crippen LogP contribution is -2.11. The van der Waals surface area contributed by atoms with E-state index in [1.807, 2.05) is 31.2 Å². The minimum atomic E-state index is -0.0724. The molecule has 6 heteroatoms. The number of H-pyrrole nitrogens is 1. The molecule has 2 aromatic heterocycles. The number of thiophene rings is 1. The Kier molecular flexibility index (Phi) is 4.66. The molecule has 0 saturated carbocycles. The van der Waals surface area contributed by atoms with Crippen LogP contribution in [0, 0.1) is 6.92 Å². The molecule has 1 aromatic carbocycles. The maximum absolute atomic E-state index is 12.5. The molecule has 1 N–H and O–H groups in total. The van der Waals surface area contributed by atoms with E-state index in [2.05, 4.69) is 25.9 Å². The Labute approximate surface area is 145 Å². The van der Waals surface area contributed by atoms with Crippen LogP contribution in [-0.4, -0.2) is 15.8 Å². The van der Waals surface area contributed by atoms with Crippen molar-refractivity contribution < 1.29 is 0 Å². The van der Waals surface area contributed by atoms with Crippen molar-refractivity contribution in [3.8, 4) is 11.1 Å². The molecule has 0 spiro atoms. The number of aromatic nitrogens is 2. The molecule has 0 saturated heterocycles. The molecular weight excluding hydrogens is 384 g/mol. The third-order valence-electron chi connectivity index (χ3n) is 3.47. The summed E-state index contributed by atoms with van der Waals surface area (Å²) in [6.45, 7) is 2.03. The van der Waals surface area contributed by atoms with Gasteiger partial charge in [-0.1, -0.05) is 28.1 Å². The molecule has 3 rings (SSSR count). The second kappa shape index (κ2) is 6.52. The summed E-state index contributed by atoms with van der Waals surface area (Å²) >= 11 is 10.7. The van der Waals surface area contributed by atoms with Gasteiger partial charge in [-0.3, -0.25) is 4.79 Å². The van der Waals surface area contributed by atoms with Crippen molar-refractivity contribution in [1.29, 1.82) is 0 Å². The van der Waals surface area contributed by atoms with E-state index in [0.717, 1.165) is 31.7 Å². The van der Waals surface area contributed by atoms with E-state index in [4.69, 9.17) is 11.6 Å². The van der Waals surface area contributed by atoms with Crippen LogP contribution in [0.1, 0.15) is 17.1 Å². The molecular formula is C16H14BrClN2OS. The average molecular weight is 398 g/mol. The molecule has 2 heterocycles. The summed E-state index contributed by atoms with van der Waals surface area (Å²) in [5, 5.41) is 0.680. The Balaban J connectivity index is 2.17. The zero-order valence-electron chi connectivity index (χ0n) is 12.0. The average Bonchev–Trinajstić information content (AvgIpc) is 2.82. The van der Waals surface area contributed by atoms with E-state index in [1.54, 1.807) is 11.3 Å². The minimum Gasteiger partial charge on any atom is -0.310 e. The zero-order valence-corrected chi connectivity index (χ0v) is 15.1. The maximum Gasteiger partial charge on any atom is 0.260 e. The quantitative estimate of drug-likeness (QED) is 0.637. The van der Waals surface area contributed by atoms with E-state index in [1.165, 1.54) is 0 Å². The van der Waals surface area contributed by atoms with Crippen LogP contribution in [0.5, 0.6) is 0 Å². The Morgan fingerprint density at radius 2 is 2.05 bits per heavy atom. The first-order valence-electron chi connectivity index (χ1n) is 6.94. The summed E-state index contributed by atoms with van der Waals surface area (Å²) in [4.78, 5) is 21.9. The van der Waals surface area contributed by atoms with E-state index in [9.17, 15) is 4.79 Å². The topological polar surface area (TPSA) is 45.8 Å². The molecule has 0 unspecified atom stereocenters. The number of nitrogens with zero attached hydrogens (tertiary/aromatic N) is 1. The minimum absolute atomic E-state index is 0.0724. The highest BCUT2D eigenvalue weighted by Crippen LogP contribution is 2.35. The number of aromatic amines is 1. The third kappa shape index (κ3) is 2.98. The normalized spacial score (nSPS) is 11.2. The molecule has 22 heavy (non-hydrogen) atoms. The number of hydrogen-bond donors (Lipinski definition) is 1. The molecule has 0 aliphatic carbocycles. The van der Waals surface area contributed by atoms with Crippen LogP contribution in [-0.2, 0) is 6.42 Å². The largest absolute Gasteiger partial charge is 0.310 e.